The molecule has 1 aromatic carbocycles. The summed E-state index contributed by atoms with van der Waals surface area (Å²) in [6.07, 6.45) is 1.19. The van der Waals surface area contributed by atoms with Crippen LogP contribution in [-0.4, -0.2) is 41.6 Å². The van der Waals surface area contributed by atoms with Crippen LogP contribution in [-0.2, 0) is 19.1 Å². The van der Waals surface area contributed by atoms with Crippen LogP contribution in [0.4, 0.5) is 0 Å². The van der Waals surface area contributed by atoms with Crippen molar-refractivity contribution in [3.05, 3.63) is 42.1 Å². The zero-order chi connectivity index (χ0) is 19.3. The molecule has 1 aromatic heterocycles. The molecule has 26 heavy (non-hydrogen) atoms. The Kier molecular flexibility index (Phi) is 5.92. The van der Waals surface area contributed by atoms with Crippen molar-refractivity contribution >= 4 is 28.7 Å². The van der Waals surface area contributed by atoms with Gasteiger partial charge in [0.2, 0.25) is 0 Å². The number of methoxy groups -OCH3 is 1. The molecule has 0 aliphatic heterocycles. The molecule has 7 heteroatoms. The van der Waals surface area contributed by atoms with E-state index in [2.05, 4.69) is 10.3 Å². The fraction of sp³-hybridized carbons (Fsp3) is 0.368. The van der Waals surface area contributed by atoms with Crippen LogP contribution in [0.25, 0.3) is 10.9 Å². The average molecular weight is 358 g/mol. The topological polar surface area (TPSA) is 94.6 Å². The Hall–Kier alpha value is -2.96. The van der Waals surface area contributed by atoms with E-state index >= 15 is 0 Å². The number of hydrogen-bond donors (Lipinski definition) is 1. The predicted molar refractivity (Wildman–Crippen MR) is 95.5 cm³/mol. The Morgan fingerprint density at radius 2 is 1.85 bits per heavy atom. The van der Waals surface area contributed by atoms with Gasteiger partial charge in [-0.25, -0.2) is 4.79 Å². The van der Waals surface area contributed by atoms with Gasteiger partial charge in [0.25, 0.3) is 5.91 Å². The van der Waals surface area contributed by atoms with Crippen LogP contribution in [0.3, 0.4) is 0 Å². The first-order valence-corrected chi connectivity index (χ1v) is 8.15. The summed E-state index contributed by atoms with van der Waals surface area (Å²) in [4.78, 5) is 40.9. The van der Waals surface area contributed by atoms with Gasteiger partial charge in [0.15, 0.2) is 0 Å². The number of amides is 1. The van der Waals surface area contributed by atoms with E-state index in [1.54, 1.807) is 45.0 Å². The standard InChI is InChI=1S/C19H22N2O5/c1-19(2,3)26-16(22)11-15(18(24)25-4)21-17(23)13-9-10-20-14-8-6-5-7-12(13)14/h5-10,15H,11H2,1-4H3,(H,21,23)/t15-/m1/s1. The molecule has 0 bridgehead atoms. The van der Waals surface area contributed by atoms with Crippen molar-refractivity contribution in [1.82, 2.24) is 10.3 Å². The smallest absolute Gasteiger partial charge is 0.328 e. The lowest BCUT2D eigenvalue weighted by Gasteiger charge is -2.22. The van der Waals surface area contributed by atoms with E-state index in [0.29, 0.717) is 16.5 Å². The summed E-state index contributed by atoms with van der Waals surface area (Å²) in [5, 5.41) is 3.20. The first-order chi connectivity index (χ1) is 12.2. The molecule has 0 radical (unpaired) electrons. The third kappa shape index (κ3) is 5.02. The highest BCUT2D eigenvalue weighted by atomic mass is 16.6. The number of nitrogens with one attached hydrogen (secondary N) is 1. The summed E-state index contributed by atoms with van der Waals surface area (Å²) < 4.78 is 9.91. The summed E-state index contributed by atoms with van der Waals surface area (Å²) in [5.41, 5.74) is 0.318. The molecule has 0 fully saturated rings. The van der Waals surface area contributed by atoms with E-state index < -0.39 is 29.5 Å². The first kappa shape index (κ1) is 19.4. The fourth-order valence-corrected chi connectivity index (χ4v) is 2.42. The number of pyridine rings is 1. The number of carbonyl (C=O) groups excluding carboxylic acids is 3. The lowest BCUT2D eigenvalue weighted by molar-refractivity contribution is -0.158. The molecule has 0 saturated heterocycles. The normalized spacial score (nSPS) is 12.3. The second-order valence-electron chi connectivity index (χ2n) is 6.72. The maximum absolute atomic E-state index is 12.7. The summed E-state index contributed by atoms with van der Waals surface area (Å²) in [6.45, 7) is 5.17. The average Bonchev–Trinajstić information content (AvgIpc) is 2.58. The number of carbonyl (C=O) groups is 3. The van der Waals surface area contributed by atoms with Crippen LogP contribution < -0.4 is 5.32 Å². The zero-order valence-corrected chi connectivity index (χ0v) is 15.2. The van der Waals surface area contributed by atoms with Crippen LogP contribution in [0.5, 0.6) is 0 Å². The van der Waals surface area contributed by atoms with Crippen molar-refractivity contribution in [2.24, 2.45) is 0 Å². The highest BCUT2D eigenvalue weighted by Crippen LogP contribution is 2.17. The van der Waals surface area contributed by atoms with Gasteiger partial charge in [-0.15, -0.1) is 0 Å². The Labute approximate surface area is 151 Å². The molecule has 0 aliphatic rings. The number of fused-ring (bicyclic) bond motifs is 1. The molecule has 1 atom stereocenters. The van der Waals surface area contributed by atoms with Crippen LogP contribution >= 0.6 is 0 Å². The molecule has 1 heterocycles. The predicted octanol–water partition coefficient (Wildman–Crippen LogP) is 2.24. The van der Waals surface area contributed by atoms with Crippen molar-refractivity contribution in [3.8, 4) is 0 Å². The molecule has 0 aliphatic carbocycles. The summed E-state index contributed by atoms with van der Waals surface area (Å²) >= 11 is 0. The number of aromatic nitrogens is 1. The summed E-state index contributed by atoms with van der Waals surface area (Å²) in [7, 11) is 1.19. The molecule has 0 saturated carbocycles. The lowest BCUT2D eigenvalue weighted by Crippen LogP contribution is -2.44. The number of hydrogen-bond acceptors (Lipinski definition) is 6. The van der Waals surface area contributed by atoms with Crippen molar-refractivity contribution in [2.45, 2.75) is 38.8 Å². The van der Waals surface area contributed by atoms with Gasteiger partial charge in [-0.3, -0.25) is 14.6 Å². The van der Waals surface area contributed by atoms with E-state index in [1.807, 2.05) is 6.07 Å². The molecule has 1 amide bonds. The summed E-state index contributed by atoms with van der Waals surface area (Å²) in [5.74, 6) is -1.82. The van der Waals surface area contributed by atoms with Crippen molar-refractivity contribution in [2.75, 3.05) is 7.11 Å². The fourth-order valence-electron chi connectivity index (χ4n) is 2.42. The maximum atomic E-state index is 12.7. The highest BCUT2D eigenvalue weighted by molar-refractivity contribution is 6.07. The number of nitrogens with zero attached hydrogens (tertiary/aromatic N) is 1. The third-order valence-corrected chi connectivity index (χ3v) is 3.48. The third-order valence-electron chi connectivity index (χ3n) is 3.48. The lowest BCUT2D eigenvalue weighted by atomic mass is 10.1. The van der Waals surface area contributed by atoms with E-state index in [0.717, 1.165) is 0 Å². The second kappa shape index (κ2) is 7.95. The quantitative estimate of drug-likeness (QED) is 0.824. The number of para-hydroxylation sites is 1. The van der Waals surface area contributed by atoms with Gasteiger partial charge in [-0.2, -0.15) is 0 Å². The summed E-state index contributed by atoms with van der Waals surface area (Å²) in [6, 6.07) is 7.56. The molecule has 1 N–H and O–H groups in total. The van der Waals surface area contributed by atoms with Crippen LogP contribution in [0.1, 0.15) is 37.6 Å². The van der Waals surface area contributed by atoms with Gasteiger partial charge >= 0.3 is 11.9 Å². The Morgan fingerprint density at radius 1 is 1.15 bits per heavy atom. The highest BCUT2D eigenvalue weighted by Gasteiger charge is 2.28. The van der Waals surface area contributed by atoms with Gasteiger partial charge in [-0.1, -0.05) is 18.2 Å². The minimum Gasteiger partial charge on any atom is -0.467 e. The number of benzene rings is 1. The molecule has 0 spiro atoms. The Morgan fingerprint density at radius 3 is 2.50 bits per heavy atom. The molecular weight excluding hydrogens is 336 g/mol. The number of esters is 2. The molecule has 7 nitrogen and oxygen atoms in total. The van der Waals surface area contributed by atoms with Crippen molar-refractivity contribution in [1.29, 1.82) is 0 Å². The SMILES string of the molecule is COC(=O)[C@@H](CC(=O)OC(C)(C)C)NC(=O)c1ccnc2ccccc12. The van der Waals surface area contributed by atoms with Crippen LogP contribution in [0.15, 0.2) is 36.5 Å². The van der Waals surface area contributed by atoms with Gasteiger partial charge in [-0.05, 0) is 32.9 Å². The Balaban J connectivity index is 2.20. The van der Waals surface area contributed by atoms with Crippen LogP contribution in [0, 0.1) is 0 Å². The van der Waals surface area contributed by atoms with Crippen molar-refractivity contribution in [3.63, 3.8) is 0 Å². The van der Waals surface area contributed by atoms with Gasteiger partial charge in [0.05, 0.1) is 24.6 Å². The van der Waals surface area contributed by atoms with E-state index in [1.165, 1.54) is 13.3 Å². The minimum atomic E-state index is -1.14. The zero-order valence-electron chi connectivity index (χ0n) is 15.2. The van der Waals surface area contributed by atoms with Crippen LogP contribution in [0.2, 0.25) is 0 Å². The second-order valence-corrected chi connectivity index (χ2v) is 6.72. The number of ether oxygens (including phenoxy) is 2. The molecule has 0 unspecified atom stereocenters. The van der Waals surface area contributed by atoms with Gasteiger partial charge in [0, 0.05) is 11.6 Å². The first-order valence-electron chi connectivity index (χ1n) is 8.15. The molecule has 138 valence electrons. The molecular formula is C19H22N2O5. The molecule has 2 rings (SSSR count). The Bertz CT molecular complexity index is 821. The van der Waals surface area contributed by atoms with E-state index in [9.17, 15) is 14.4 Å². The van der Waals surface area contributed by atoms with Crippen molar-refractivity contribution < 1.29 is 23.9 Å². The monoisotopic (exact) mass is 358 g/mol. The van der Waals surface area contributed by atoms with E-state index in [-0.39, 0.29) is 6.42 Å². The molecule has 2 aromatic rings. The maximum Gasteiger partial charge on any atom is 0.328 e. The minimum absolute atomic E-state index is 0.321. The van der Waals surface area contributed by atoms with Gasteiger partial charge in [0.1, 0.15) is 11.6 Å². The largest absolute Gasteiger partial charge is 0.467 e. The van der Waals surface area contributed by atoms with Gasteiger partial charge < -0.3 is 14.8 Å². The number of rotatable bonds is 5. The van der Waals surface area contributed by atoms with E-state index in [4.69, 9.17) is 9.47 Å².